The van der Waals surface area contributed by atoms with Crippen molar-refractivity contribution in [1.82, 2.24) is 15.5 Å². The quantitative estimate of drug-likeness (QED) is 0.293. The molecular formula is C29H42BrN3O9S. The summed E-state index contributed by atoms with van der Waals surface area (Å²) in [4.78, 5) is 54.3. The number of halogens is 1. The SMILES string of the molecule is CC[C@@H]1C[C@]1(NC(=O)[C@@H]1C[C@H](OS(=O)(=O)c2ccc(Br)cc2)CN1C(=O)[C@@H](NC(=O)OC(C)(C)C)C(C)(C)C)C(=O)OC. The molecule has 3 rings (SSSR count). The zero-order valence-corrected chi connectivity index (χ0v) is 28.3. The highest BCUT2D eigenvalue weighted by molar-refractivity contribution is 9.10. The molecule has 1 saturated heterocycles. The molecule has 240 valence electrons. The van der Waals surface area contributed by atoms with Crippen molar-refractivity contribution in [3.05, 3.63) is 28.7 Å². The summed E-state index contributed by atoms with van der Waals surface area (Å²) in [7, 11) is -3.02. The molecule has 2 fully saturated rings. The molecule has 12 nitrogen and oxygen atoms in total. The Morgan fingerprint density at radius 1 is 1.09 bits per heavy atom. The summed E-state index contributed by atoms with van der Waals surface area (Å²) in [5.41, 5.74) is -2.88. The fourth-order valence-corrected chi connectivity index (χ4v) is 6.54. The minimum atomic E-state index is -4.25. The number of nitrogens with one attached hydrogen (secondary N) is 2. The van der Waals surface area contributed by atoms with Gasteiger partial charge in [-0.1, -0.05) is 50.0 Å². The Hall–Kier alpha value is -2.71. The normalized spacial score (nSPS) is 24.6. The predicted molar refractivity (Wildman–Crippen MR) is 160 cm³/mol. The number of alkyl carbamates (subject to hydrolysis) is 1. The third-order valence-corrected chi connectivity index (χ3v) is 9.39. The Labute approximate surface area is 261 Å². The van der Waals surface area contributed by atoms with Crippen molar-refractivity contribution < 1.29 is 41.3 Å². The van der Waals surface area contributed by atoms with Crippen LogP contribution in [-0.2, 0) is 38.2 Å². The van der Waals surface area contributed by atoms with E-state index in [1.165, 1.54) is 24.1 Å². The van der Waals surface area contributed by atoms with Crippen molar-refractivity contribution >= 4 is 49.9 Å². The van der Waals surface area contributed by atoms with Crippen molar-refractivity contribution in [2.24, 2.45) is 11.3 Å². The van der Waals surface area contributed by atoms with Crippen LogP contribution >= 0.6 is 15.9 Å². The maximum Gasteiger partial charge on any atom is 0.408 e. The van der Waals surface area contributed by atoms with Crippen LogP contribution in [-0.4, -0.2) is 80.2 Å². The standard InChI is InChI=1S/C29H42BrN3O9S/c1-9-17-15-29(17,25(36)40-8)32-23(34)21-14-19(42-43(38,39)20-12-10-18(30)11-13-20)16-33(21)24(35)22(27(2,3)4)31-26(37)41-28(5,6)7/h10-13,17,19,21-22H,9,14-16H2,1-8H3,(H,31,37)(H,32,34)/t17-,19+,21+,22-,29-/m1/s1. The zero-order valence-electron chi connectivity index (χ0n) is 25.9. The Morgan fingerprint density at radius 2 is 1.70 bits per heavy atom. The van der Waals surface area contributed by atoms with E-state index in [0.717, 1.165) is 0 Å². The molecule has 1 aliphatic carbocycles. The van der Waals surface area contributed by atoms with Crippen molar-refractivity contribution in [1.29, 1.82) is 0 Å². The molecular weight excluding hydrogens is 646 g/mol. The number of hydrogen-bond donors (Lipinski definition) is 2. The average Bonchev–Trinajstić information content (AvgIpc) is 3.44. The summed E-state index contributed by atoms with van der Waals surface area (Å²) in [6.07, 6.45) is -1.06. The van der Waals surface area contributed by atoms with Gasteiger partial charge in [0.25, 0.3) is 10.1 Å². The second-order valence-electron chi connectivity index (χ2n) is 13.1. The largest absolute Gasteiger partial charge is 0.467 e. The summed E-state index contributed by atoms with van der Waals surface area (Å²) in [6, 6.07) is 3.53. The van der Waals surface area contributed by atoms with Gasteiger partial charge in [0.2, 0.25) is 11.8 Å². The molecule has 2 N–H and O–H groups in total. The molecule has 14 heteroatoms. The summed E-state index contributed by atoms with van der Waals surface area (Å²) < 4.78 is 42.7. The lowest BCUT2D eigenvalue weighted by molar-refractivity contribution is -0.148. The number of hydrogen-bond acceptors (Lipinski definition) is 9. The van der Waals surface area contributed by atoms with Crippen LogP contribution in [0.3, 0.4) is 0 Å². The number of carbonyl (C=O) groups is 4. The number of nitrogens with zero attached hydrogens (tertiary/aromatic N) is 1. The smallest absolute Gasteiger partial charge is 0.408 e. The zero-order chi connectivity index (χ0) is 32.5. The van der Waals surface area contributed by atoms with E-state index in [-0.39, 0.29) is 23.8 Å². The van der Waals surface area contributed by atoms with E-state index in [4.69, 9.17) is 13.7 Å². The highest BCUT2D eigenvalue weighted by atomic mass is 79.9. The summed E-state index contributed by atoms with van der Waals surface area (Å²) in [6.45, 7) is 11.9. The van der Waals surface area contributed by atoms with Crippen LogP contribution in [0, 0.1) is 11.3 Å². The maximum atomic E-state index is 14.1. The molecule has 1 saturated carbocycles. The Morgan fingerprint density at radius 3 is 2.19 bits per heavy atom. The number of amides is 3. The van der Waals surface area contributed by atoms with Gasteiger partial charge in [-0.2, -0.15) is 8.42 Å². The summed E-state index contributed by atoms with van der Waals surface area (Å²) in [5.74, 6) is -2.00. The van der Waals surface area contributed by atoms with Gasteiger partial charge in [-0.15, -0.1) is 0 Å². The topological polar surface area (TPSA) is 157 Å². The van der Waals surface area contributed by atoms with Gasteiger partial charge >= 0.3 is 12.1 Å². The fourth-order valence-electron chi connectivity index (χ4n) is 5.20. The van der Waals surface area contributed by atoms with Gasteiger partial charge in [0.05, 0.1) is 18.1 Å². The molecule has 1 aromatic carbocycles. The third-order valence-electron chi connectivity index (χ3n) is 7.48. The first-order valence-electron chi connectivity index (χ1n) is 14.1. The number of esters is 1. The molecule has 1 aromatic rings. The van der Waals surface area contributed by atoms with Crippen molar-refractivity contribution in [3.8, 4) is 0 Å². The Balaban J connectivity index is 1.93. The summed E-state index contributed by atoms with van der Waals surface area (Å²) >= 11 is 3.27. The molecule has 2 aliphatic rings. The van der Waals surface area contributed by atoms with E-state index in [2.05, 4.69) is 26.6 Å². The number of methoxy groups -OCH3 is 1. The van der Waals surface area contributed by atoms with E-state index in [0.29, 0.717) is 17.3 Å². The lowest BCUT2D eigenvalue weighted by Gasteiger charge is -2.36. The second kappa shape index (κ2) is 12.7. The van der Waals surface area contributed by atoms with Crippen LogP contribution in [0.15, 0.2) is 33.6 Å². The Bertz CT molecular complexity index is 1340. The van der Waals surface area contributed by atoms with E-state index in [1.54, 1.807) is 53.7 Å². The molecule has 1 heterocycles. The third kappa shape index (κ3) is 8.27. The van der Waals surface area contributed by atoms with Crippen LogP contribution in [0.4, 0.5) is 4.79 Å². The molecule has 43 heavy (non-hydrogen) atoms. The van der Waals surface area contributed by atoms with Crippen molar-refractivity contribution in [2.45, 2.75) is 102 Å². The second-order valence-corrected chi connectivity index (χ2v) is 15.6. The molecule has 0 spiro atoms. The van der Waals surface area contributed by atoms with Gasteiger partial charge in [0.15, 0.2) is 0 Å². The van der Waals surface area contributed by atoms with Gasteiger partial charge < -0.3 is 25.0 Å². The monoisotopic (exact) mass is 687 g/mol. The number of ether oxygens (including phenoxy) is 2. The molecule has 0 unspecified atom stereocenters. The van der Waals surface area contributed by atoms with Gasteiger partial charge in [-0.3, -0.25) is 13.8 Å². The lowest BCUT2D eigenvalue weighted by atomic mass is 9.85. The first kappa shape index (κ1) is 34.8. The minimum Gasteiger partial charge on any atom is -0.467 e. The first-order valence-corrected chi connectivity index (χ1v) is 16.3. The number of benzene rings is 1. The molecule has 0 radical (unpaired) electrons. The van der Waals surface area contributed by atoms with Gasteiger partial charge in [-0.05, 0) is 62.8 Å². The highest BCUT2D eigenvalue weighted by Crippen LogP contribution is 2.47. The minimum absolute atomic E-state index is 0.0888. The lowest BCUT2D eigenvalue weighted by Crippen LogP contribution is -2.59. The van der Waals surface area contributed by atoms with E-state index < -0.39 is 68.7 Å². The van der Waals surface area contributed by atoms with Crippen molar-refractivity contribution in [2.75, 3.05) is 13.7 Å². The van der Waals surface area contributed by atoms with Crippen LogP contribution in [0.2, 0.25) is 0 Å². The van der Waals surface area contributed by atoms with Crippen LogP contribution in [0.25, 0.3) is 0 Å². The Kier molecular flexibility index (Phi) is 10.3. The average molecular weight is 689 g/mol. The number of likely N-dealkylation sites (tertiary alicyclic amines) is 1. The fraction of sp³-hybridized carbons (Fsp3) is 0.655. The van der Waals surface area contributed by atoms with Crippen LogP contribution < -0.4 is 10.6 Å². The molecule has 0 bridgehead atoms. The van der Waals surface area contributed by atoms with E-state index in [1.807, 2.05) is 6.92 Å². The van der Waals surface area contributed by atoms with E-state index in [9.17, 15) is 27.6 Å². The summed E-state index contributed by atoms with van der Waals surface area (Å²) in [5, 5.41) is 5.41. The predicted octanol–water partition coefficient (Wildman–Crippen LogP) is 3.52. The molecule has 1 aliphatic heterocycles. The van der Waals surface area contributed by atoms with Crippen LogP contribution in [0.1, 0.15) is 67.7 Å². The molecule has 3 amide bonds. The number of carbonyl (C=O) groups excluding carboxylic acids is 4. The van der Waals surface area contributed by atoms with Gasteiger partial charge in [0.1, 0.15) is 23.2 Å². The number of rotatable bonds is 9. The van der Waals surface area contributed by atoms with Crippen molar-refractivity contribution in [3.63, 3.8) is 0 Å². The highest BCUT2D eigenvalue weighted by Gasteiger charge is 2.62. The van der Waals surface area contributed by atoms with Gasteiger partial charge in [0, 0.05) is 17.4 Å². The van der Waals surface area contributed by atoms with Crippen LogP contribution in [0.5, 0.6) is 0 Å². The molecule has 0 aromatic heterocycles. The van der Waals surface area contributed by atoms with Gasteiger partial charge in [-0.25, -0.2) is 9.59 Å². The molecule has 5 atom stereocenters. The van der Waals surface area contributed by atoms with E-state index >= 15 is 0 Å². The maximum absolute atomic E-state index is 14.1. The first-order chi connectivity index (χ1) is 19.7.